The second-order valence-corrected chi connectivity index (χ2v) is 15.2. The molecular formula is C21H38N4O3Si. The third-order valence-corrected chi connectivity index (χ3v) is 10.3. The van der Waals surface area contributed by atoms with Crippen LogP contribution in [0, 0.1) is 0 Å². The molecule has 164 valence electrons. The molecule has 0 radical (unpaired) electrons. The van der Waals surface area contributed by atoms with Crippen LogP contribution < -0.4 is 10.6 Å². The van der Waals surface area contributed by atoms with E-state index in [1.165, 1.54) is 0 Å². The van der Waals surface area contributed by atoms with Gasteiger partial charge in [-0.2, -0.15) is 0 Å². The van der Waals surface area contributed by atoms with E-state index < -0.39 is 13.9 Å². The second kappa shape index (κ2) is 8.14. The molecule has 0 unspecified atom stereocenters. The van der Waals surface area contributed by atoms with Crippen LogP contribution in [0.5, 0.6) is 0 Å². The fourth-order valence-corrected chi connectivity index (χ4v) is 4.38. The standard InChI is InChI=1S/C21H38N4O3Si/c1-20(2,3)27-19(26)24(7)16-13-25(18-11-10-15(22)12-23-18)14-17(16)28-29(8,9)21(4,5)6/h10-12,16-17H,13-14,22H2,1-9H3/t16-,17-/m1/s1. The predicted octanol–water partition coefficient (Wildman–Crippen LogP) is 4.11. The summed E-state index contributed by atoms with van der Waals surface area (Å²) in [4.78, 5) is 21.0. The lowest BCUT2D eigenvalue weighted by Crippen LogP contribution is -2.52. The van der Waals surface area contributed by atoms with Crippen molar-refractivity contribution in [3.63, 3.8) is 0 Å². The molecule has 1 saturated heterocycles. The van der Waals surface area contributed by atoms with Crippen LogP contribution in [0.1, 0.15) is 41.5 Å². The van der Waals surface area contributed by atoms with Crippen LogP contribution in [0.15, 0.2) is 18.3 Å². The number of ether oxygens (including phenoxy) is 1. The van der Waals surface area contributed by atoms with Gasteiger partial charge in [0.1, 0.15) is 11.4 Å². The first-order valence-corrected chi connectivity index (χ1v) is 13.1. The molecule has 1 aliphatic rings. The molecule has 7 nitrogen and oxygen atoms in total. The molecule has 2 rings (SSSR count). The maximum absolute atomic E-state index is 12.8. The number of nitrogen functional groups attached to an aromatic ring is 1. The van der Waals surface area contributed by atoms with Gasteiger partial charge in [-0.05, 0) is 51.0 Å². The van der Waals surface area contributed by atoms with E-state index in [2.05, 4.69) is 43.7 Å². The summed E-state index contributed by atoms with van der Waals surface area (Å²) in [7, 11) is -0.232. The molecule has 1 aromatic rings. The van der Waals surface area contributed by atoms with Crippen molar-refractivity contribution in [1.82, 2.24) is 9.88 Å². The number of carbonyl (C=O) groups excluding carboxylic acids is 1. The zero-order valence-corrected chi connectivity index (χ0v) is 20.4. The van der Waals surface area contributed by atoms with Crippen molar-refractivity contribution in [1.29, 1.82) is 0 Å². The van der Waals surface area contributed by atoms with E-state index in [0.717, 1.165) is 5.82 Å². The van der Waals surface area contributed by atoms with Crippen LogP contribution >= 0.6 is 0 Å². The molecule has 0 bridgehead atoms. The largest absolute Gasteiger partial charge is 0.444 e. The fraction of sp³-hybridized carbons (Fsp3) is 0.714. The number of anilines is 2. The zero-order chi connectivity index (χ0) is 22.2. The Bertz CT molecular complexity index is 710. The molecular weight excluding hydrogens is 384 g/mol. The average molecular weight is 423 g/mol. The van der Waals surface area contributed by atoms with E-state index in [0.29, 0.717) is 18.8 Å². The number of nitrogens with two attached hydrogens (primary N) is 1. The molecule has 1 aromatic heterocycles. The molecule has 2 atom stereocenters. The van der Waals surface area contributed by atoms with Crippen LogP contribution in [0.3, 0.4) is 0 Å². The van der Waals surface area contributed by atoms with Crippen LogP contribution in [0.25, 0.3) is 0 Å². The van der Waals surface area contributed by atoms with Crippen molar-refractivity contribution in [2.75, 3.05) is 30.8 Å². The third-order valence-electron chi connectivity index (χ3n) is 5.76. The van der Waals surface area contributed by atoms with Crippen molar-refractivity contribution in [2.45, 2.75) is 77.4 Å². The number of rotatable bonds is 4. The van der Waals surface area contributed by atoms with Crippen molar-refractivity contribution in [3.8, 4) is 0 Å². The monoisotopic (exact) mass is 422 g/mol. The number of likely N-dealkylation sites (N-methyl/N-ethyl adjacent to an activating group) is 1. The smallest absolute Gasteiger partial charge is 0.410 e. The maximum atomic E-state index is 12.8. The van der Waals surface area contributed by atoms with E-state index in [4.69, 9.17) is 14.9 Å². The molecule has 1 aliphatic heterocycles. The van der Waals surface area contributed by atoms with Gasteiger partial charge in [0.2, 0.25) is 0 Å². The molecule has 1 fully saturated rings. The molecule has 2 heterocycles. The summed E-state index contributed by atoms with van der Waals surface area (Å²) in [6.07, 6.45) is 1.20. The molecule has 29 heavy (non-hydrogen) atoms. The van der Waals surface area contributed by atoms with Gasteiger partial charge in [-0.3, -0.25) is 0 Å². The normalized spacial score (nSPS) is 20.7. The summed E-state index contributed by atoms with van der Waals surface area (Å²) < 4.78 is 12.4. The highest BCUT2D eigenvalue weighted by Crippen LogP contribution is 2.39. The van der Waals surface area contributed by atoms with Gasteiger partial charge in [0, 0.05) is 20.1 Å². The van der Waals surface area contributed by atoms with Gasteiger partial charge in [-0.15, -0.1) is 0 Å². The Labute approximate surface area is 176 Å². The number of pyridine rings is 1. The van der Waals surface area contributed by atoms with E-state index in [1.54, 1.807) is 18.1 Å². The number of hydrogen-bond donors (Lipinski definition) is 1. The van der Waals surface area contributed by atoms with E-state index in [-0.39, 0.29) is 23.3 Å². The van der Waals surface area contributed by atoms with E-state index >= 15 is 0 Å². The lowest BCUT2D eigenvalue weighted by atomic mass is 10.2. The number of nitrogens with zero attached hydrogens (tertiary/aromatic N) is 3. The van der Waals surface area contributed by atoms with E-state index in [9.17, 15) is 4.79 Å². The molecule has 0 saturated carbocycles. The lowest BCUT2D eigenvalue weighted by molar-refractivity contribution is 0.0127. The average Bonchev–Trinajstić information content (AvgIpc) is 2.95. The molecule has 2 N–H and O–H groups in total. The number of amides is 1. The Morgan fingerprint density at radius 2 is 1.83 bits per heavy atom. The Kier molecular flexibility index (Phi) is 6.59. The number of aromatic nitrogens is 1. The Morgan fingerprint density at radius 3 is 2.31 bits per heavy atom. The molecule has 8 heteroatoms. The van der Waals surface area contributed by atoms with E-state index in [1.807, 2.05) is 32.9 Å². The lowest BCUT2D eigenvalue weighted by Gasteiger charge is -2.40. The zero-order valence-electron chi connectivity index (χ0n) is 19.4. The van der Waals surface area contributed by atoms with Crippen molar-refractivity contribution in [3.05, 3.63) is 18.3 Å². The van der Waals surface area contributed by atoms with Gasteiger partial charge in [-0.25, -0.2) is 9.78 Å². The molecule has 0 aromatic carbocycles. The SMILES string of the molecule is CN(C(=O)OC(C)(C)C)[C@@H]1CN(c2ccc(N)cn2)C[C@H]1O[Si](C)(C)C(C)(C)C. The Hall–Kier alpha value is -1.80. The summed E-state index contributed by atoms with van der Waals surface area (Å²) >= 11 is 0. The first-order chi connectivity index (χ1) is 13.1. The third kappa shape index (κ3) is 5.85. The van der Waals surface area contributed by atoms with Crippen LogP contribution in [-0.2, 0) is 9.16 Å². The summed E-state index contributed by atoms with van der Waals surface area (Å²) in [6, 6.07) is 3.63. The summed E-state index contributed by atoms with van der Waals surface area (Å²) in [5.74, 6) is 0.836. The molecule has 0 aliphatic carbocycles. The highest BCUT2D eigenvalue weighted by Gasteiger charge is 2.46. The Morgan fingerprint density at radius 1 is 1.21 bits per heavy atom. The van der Waals surface area contributed by atoms with Crippen LogP contribution in [0.2, 0.25) is 18.1 Å². The Balaban J connectivity index is 2.27. The minimum absolute atomic E-state index is 0.0783. The predicted molar refractivity (Wildman–Crippen MR) is 121 cm³/mol. The first kappa shape index (κ1) is 23.5. The van der Waals surface area contributed by atoms with Crippen molar-refractivity contribution in [2.24, 2.45) is 0 Å². The minimum Gasteiger partial charge on any atom is -0.444 e. The first-order valence-electron chi connectivity index (χ1n) is 10.2. The number of carbonyl (C=O) groups is 1. The molecule has 0 spiro atoms. The van der Waals surface area contributed by atoms with Crippen LogP contribution in [0.4, 0.5) is 16.3 Å². The van der Waals surface area contributed by atoms with Gasteiger partial charge >= 0.3 is 6.09 Å². The topological polar surface area (TPSA) is 80.9 Å². The maximum Gasteiger partial charge on any atom is 0.410 e. The minimum atomic E-state index is -2.02. The van der Waals surface area contributed by atoms with Gasteiger partial charge in [-0.1, -0.05) is 20.8 Å². The summed E-state index contributed by atoms with van der Waals surface area (Å²) in [5.41, 5.74) is 5.87. The van der Waals surface area contributed by atoms with Gasteiger partial charge in [0.15, 0.2) is 8.32 Å². The number of hydrogen-bond acceptors (Lipinski definition) is 6. The second-order valence-electron chi connectivity index (χ2n) is 10.4. The molecule has 1 amide bonds. The quantitative estimate of drug-likeness (QED) is 0.736. The van der Waals surface area contributed by atoms with Gasteiger partial charge < -0.3 is 24.7 Å². The highest BCUT2D eigenvalue weighted by atomic mass is 28.4. The van der Waals surface area contributed by atoms with Crippen molar-refractivity contribution < 1.29 is 14.0 Å². The highest BCUT2D eigenvalue weighted by molar-refractivity contribution is 6.74. The van der Waals surface area contributed by atoms with Crippen molar-refractivity contribution >= 4 is 25.9 Å². The summed E-state index contributed by atoms with van der Waals surface area (Å²) in [6.45, 7) is 18.1. The van der Waals surface area contributed by atoms with Crippen LogP contribution in [-0.4, -0.2) is 62.2 Å². The van der Waals surface area contributed by atoms with Gasteiger partial charge in [0.25, 0.3) is 0 Å². The van der Waals surface area contributed by atoms with Gasteiger partial charge in [0.05, 0.1) is 24.0 Å². The summed E-state index contributed by atoms with van der Waals surface area (Å²) in [5, 5.41) is 0.0783. The fourth-order valence-electron chi connectivity index (χ4n) is 3.04.